The van der Waals surface area contributed by atoms with Crippen LogP contribution in [0, 0.1) is 0 Å². The van der Waals surface area contributed by atoms with Gasteiger partial charge in [-0.15, -0.1) is 0 Å². The fraction of sp³-hybridized carbons (Fsp3) is 0. The van der Waals surface area contributed by atoms with Crippen LogP contribution in [0.15, 0.2) is 200 Å². The van der Waals surface area contributed by atoms with Gasteiger partial charge in [0, 0.05) is 17.1 Å². The summed E-state index contributed by atoms with van der Waals surface area (Å²) in [5.41, 5.74) is 11.8. The second kappa shape index (κ2) is 12.5. The molecule has 1 heteroatoms. The third kappa shape index (κ3) is 5.14. The van der Waals surface area contributed by atoms with Crippen molar-refractivity contribution in [3.8, 4) is 55.8 Å². The highest BCUT2D eigenvalue weighted by molar-refractivity contribution is 6.10. The van der Waals surface area contributed by atoms with Crippen molar-refractivity contribution in [3.63, 3.8) is 0 Å². The summed E-state index contributed by atoms with van der Waals surface area (Å²) in [6.45, 7) is 0. The smallest absolute Gasteiger partial charge is 0.0780 e. The Balaban J connectivity index is 1.20. The highest BCUT2D eigenvalue weighted by atomic mass is 14.7. The fourth-order valence-electron chi connectivity index (χ4n) is 8.01. The lowest BCUT2D eigenvalue weighted by atomic mass is 9.85. The quantitative estimate of drug-likeness (QED) is 0.179. The molecule has 0 fully saturated rings. The third-order valence-corrected chi connectivity index (χ3v) is 10.5. The topological polar surface area (TPSA) is 12.9 Å². The zero-order chi connectivity index (χ0) is 34.4. The van der Waals surface area contributed by atoms with Crippen molar-refractivity contribution in [1.29, 1.82) is 0 Å². The average Bonchev–Trinajstić information content (AvgIpc) is 3.22. The maximum absolute atomic E-state index is 4.83. The summed E-state index contributed by atoms with van der Waals surface area (Å²) >= 11 is 0. The van der Waals surface area contributed by atoms with Crippen LogP contribution in [0.5, 0.6) is 0 Å². The van der Waals surface area contributed by atoms with E-state index in [-0.39, 0.29) is 0 Å². The first-order valence-electron chi connectivity index (χ1n) is 17.9. The van der Waals surface area contributed by atoms with E-state index in [1.807, 2.05) is 6.20 Å². The molecule has 0 atom stereocenters. The fourth-order valence-corrected chi connectivity index (χ4v) is 8.01. The molecule has 0 radical (unpaired) electrons. The van der Waals surface area contributed by atoms with Crippen molar-refractivity contribution in [3.05, 3.63) is 200 Å². The zero-order valence-corrected chi connectivity index (χ0v) is 28.5. The van der Waals surface area contributed by atoms with Gasteiger partial charge in [-0.2, -0.15) is 0 Å². The molecular weight excluding hydrogens is 627 g/mol. The van der Waals surface area contributed by atoms with Crippen LogP contribution in [0.2, 0.25) is 0 Å². The Hall–Kier alpha value is -6.83. The highest BCUT2D eigenvalue weighted by Crippen LogP contribution is 2.43. The number of pyridine rings is 1. The molecule has 0 unspecified atom stereocenters. The molecule has 0 aliphatic rings. The molecule has 10 rings (SSSR count). The highest BCUT2D eigenvalue weighted by Gasteiger charge is 2.17. The number of fused-ring (bicyclic) bond motifs is 4. The molecule has 0 saturated heterocycles. The molecule has 1 nitrogen and oxygen atoms in total. The average molecular weight is 660 g/mol. The van der Waals surface area contributed by atoms with E-state index in [1.165, 1.54) is 76.6 Å². The lowest BCUT2D eigenvalue weighted by Gasteiger charge is -2.18. The Morgan fingerprint density at radius 3 is 1.54 bits per heavy atom. The van der Waals surface area contributed by atoms with Gasteiger partial charge in [0.2, 0.25) is 0 Å². The van der Waals surface area contributed by atoms with Crippen LogP contribution in [0.1, 0.15) is 0 Å². The molecule has 52 heavy (non-hydrogen) atoms. The van der Waals surface area contributed by atoms with Gasteiger partial charge in [0.15, 0.2) is 0 Å². The SMILES string of the molecule is c1cc(-c2cccc(-c3c(-c4cccc5ccccc45)ccc4ccc(-c5cccc6ccccc56)cc34)c2)cc(-c2nccc3ccccc23)c1. The van der Waals surface area contributed by atoms with Crippen molar-refractivity contribution < 1.29 is 0 Å². The predicted molar refractivity (Wildman–Crippen MR) is 221 cm³/mol. The second-order valence-electron chi connectivity index (χ2n) is 13.5. The minimum atomic E-state index is 1.00. The van der Waals surface area contributed by atoms with Gasteiger partial charge in [0.05, 0.1) is 5.69 Å². The van der Waals surface area contributed by atoms with Gasteiger partial charge in [-0.1, -0.05) is 170 Å². The molecule has 10 aromatic rings. The molecule has 0 bridgehead atoms. The van der Waals surface area contributed by atoms with Crippen LogP contribution in [0.3, 0.4) is 0 Å². The first-order valence-corrected chi connectivity index (χ1v) is 17.9. The maximum atomic E-state index is 4.83. The standard InChI is InChI=1S/C51H33N/c1-4-20-43-34(11-1)14-9-23-45(43)40-26-25-37-27-28-48(47-24-10-15-35-12-2-5-21-44(35)47)50(49(37)33-40)41-18-7-16-38(31-41)39-17-8-19-42(32-39)51-46-22-6-3-13-36(46)29-30-52-51/h1-33H. The predicted octanol–water partition coefficient (Wildman–Crippen LogP) is 14.0. The van der Waals surface area contributed by atoms with E-state index in [0.29, 0.717) is 0 Å². The monoisotopic (exact) mass is 659 g/mol. The summed E-state index contributed by atoms with van der Waals surface area (Å²) in [5.74, 6) is 0. The first-order chi connectivity index (χ1) is 25.8. The van der Waals surface area contributed by atoms with Gasteiger partial charge in [0.1, 0.15) is 0 Å². The summed E-state index contributed by atoms with van der Waals surface area (Å²) in [4.78, 5) is 4.83. The number of nitrogens with zero attached hydrogens (tertiary/aromatic N) is 1. The van der Waals surface area contributed by atoms with Crippen LogP contribution in [0.4, 0.5) is 0 Å². The Labute approximate surface area is 303 Å². The molecule has 1 aromatic heterocycles. The molecule has 1 heterocycles. The number of benzene rings is 9. The van der Waals surface area contributed by atoms with Crippen LogP contribution >= 0.6 is 0 Å². The van der Waals surface area contributed by atoms with Crippen LogP contribution < -0.4 is 0 Å². The van der Waals surface area contributed by atoms with Gasteiger partial charge in [-0.05, 0) is 106 Å². The molecule has 0 aliphatic heterocycles. The van der Waals surface area contributed by atoms with Crippen LogP contribution in [0.25, 0.3) is 98.9 Å². The van der Waals surface area contributed by atoms with Crippen molar-refractivity contribution >= 4 is 43.1 Å². The van der Waals surface area contributed by atoms with E-state index < -0.39 is 0 Å². The number of rotatable bonds is 5. The van der Waals surface area contributed by atoms with Gasteiger partial charge >= 0.3 is 0 Å². The Morgan fingerprint density at radius 2 is 0.788 bits per heavy atom. The van der Waals surface area contributed by atoms with Crippen LogP contribution in [-0.4, -0.2) is 4.98 Å². The van der Waals surface area contributed by atoms with Crippen molar-refractivity contribution in [2.24, 2.45) is 0 Å². The van der Waals surface area contributed by atoms with E-state index in [9.17, 15) is 0 Å². The summed E-state index contributed by atoms with van der Waals surface area (Å²) in [5, 5.41) is 9.81. The van der Waals surface area contributed by atoms with Gasteiger partial charge in [-0.25, -0.2) is 0 Å². The molecule has 0 spiro atoms. The maximum Gasteiger partial charge on any atom is 0.0780 e. The third-order valence-electron chi connectivity index (χ3n) is 10.5. The molecular formula is C51H33N. The molecule has 0 aliphatic carbocycles. The zero-order valence-electron chi connectivity index (χ0n) is 28.5. The van der Waals surface area contributed by atoms with Crippen molar-refractivity contribution in [2.75, 3.05) is 0 Å². The number of hydrogen-bond acceptors (Lipinski definition) is 1. The number of hydrogen-bond donors (Lipinski definition) is 0. The normalized spacial score (nSPS) is 11.5. The minimum absolute atomic E-state index is 1.00. The van der Waals surface area contributed by atoms with Crippen LogP contribution in [-0.2, 0) is 0 Å². The summed E-state index contributed by atoms with van der Waals surface area (Å²) in [7, 11) is 0. The second-order valence-corrected chi connectivity index (χ2v) is 13.5. The Morgan fingerprint density at radius 1 is 0.269 bits per heavy atom. The molecule has 9 aromatic carbocycles. The molecule has 0 amide bonds. The van der Waals surface area contributed by atoms with Gasteiger partial charge in [0.25, 0.3) is 0 Å². The summed E-state index contributed by atoms with van der Waals surface area (Å²) < 4.78 is 0. The molecule has 242 valence electrons. The molecule has 0 N–H and O–H groups in total. The van der Waals surface area contributed by atoms with E-state index >= 15 is 0 Å². The first kappa shape index (κ1) is 30.0. The van der Waals surface area contributed by atoms with E-state index in [4.69, 9.17) is 4.98 Å². The number of aromatic nitrogens is 1. The summed E-state index contributed by atoms with van der Waals surface area (Å²) in [6, 6.07) is 70.6. The Bertz CT molecular complexity index is 2950. The largest absolute Gasteiger partial charge is 0.256 e. The molecule has 0 saturated carbocycles. The summed E-state index contributed by atoms with van der Waals surface area (Å²) in [6.07, 6.45) is 1.91. The minimum Gasteiger partial charge on any atom is -0.256 e. The lowest BCUT2D eigenvalue weighted by Crippen LogP contribution is -1.91. The van der Waals surface area contributed by atoms with E-state index in [1.54, 1.807) is 0 Å². The van der Waals surface area contributed by atoms with Crippen molar-refractivity contribution in [2.45, 2.75) is 0 Å². The van der Waals surface area contributed by atoms with Gasteiger partial charge in [-0.3, -0.25) is 4.98 Å². The van der Waals surface area contributed by atoms with Crippen molar-refractivity contribution in [1.82, 2.24) is 4.98 Å². The lowest BCUT2D eigenvalue weighted by molar-refractivity contribution is 1.36. The Kier molecular flexibility index (Phi) is 7.22. The van der Waals surface area contributed by atoms with Gasteiger partial charge < -0.3 is 0 Å². The van der Waals surface area contributed by atoms with E-state index in [2.05, 4.69) is 194 Å². The van der Waals surface area contributed by atoms with E-state index in [0.717, 1.165) is 22.2 Å².